The molecule has 1 aromatic carbocycles. The number of tetrazole rings is 1. The van der Waals surface area contributed by atoms with E-state index < -0.39 is 0 Å². The van der Waals surface area contributed by atoms with E-state index in [0.29, 0.717) is 0 Å². The van der Waals surface area contributed by atoms with E-state index in [1.54, 1.807) is 0 Å². The third-order valence-electron chi connectivity index (χ3n) is 3.77. The highest BCUT2D eigenvalue weighted by Crippen LogP contribution is 2.28. The highest BCUT2D eigenvalue weighted by Gasteiger charge is 2.28. The van der Waals surface area contributed by atoms with Crippen LogP contribution in [0.15, 0.2) is 30.6 Å². The highest BCUT2D eigenvalue weighted by molar-refractivity contribution is 5.76. The molecule has 2 unspecified atom stereocenters. The van der Waals surface area contributed by atoms with E-state index in [-0.39, 0.29) is 24.6 Å². The molecule has 1 saturated heterocycles. The van der Waals surface area contributed by atoms with Crippen LogP contribution in [0.5, 0.6) is 0 Å². The second kappa shape index (κ2) is 6.65. The van der Waals surface area contributed by atoms with E-state index in [2.05, 4.69) is 52.0 Å². The molecule has 1 aromatic heterocycles. The minimum atomic E-state index is -0.111. The van der Waals surface area contributed by atoms with Crippen LogP contribution in [0.3, 0.4) is 0 Å². The normalized spacial score (nSPS) is 21.5. The molecule has 2 atom stereocenters. The first kappa shape index (κ1) is 14.6. The molecule has 0 saturated carbocycles. The number of aryl methyl sites for hydroxylation is 1. The van der Waals surface area contributed by atoms with E-state index >= 15 is 0 Å². The third-order valence-corrected chi connectivity index (χ3v) is 3.77. The molecule has 22 heavy (non-hydrogen) atoms. The summed E-state index contributed by atoms with van der Waals surface area (Å²) in [6.07, 6.45) is 3.17. The third kappa shape index (κ3) is 3.48. The van der Waals surface area contributed by atoms with Gasteiger partial charge in [0.05, 0.1) is 6.04 Å². The van der Waals surface area contributed by atoms with Gasteiger partial charge in [0.15, 0.2) is 0 Å². The Balaban J connectivity index is 1.67. The Morgan fingerprint density at radius 2 is 2.23 bits per heavy atom. The lowest BCUT2D eigenvalue weighted by Gasteiger charge is -2.32. The topological polar surface area (TPSA) is 81.9 Å². The van der Waals surface area contributed by atoms with Gasteiger partial charge in [0.2, 0.25) is 5.91 Å². The molecule has 1 amide bonds. The van der Waals surface area contributed by atoms with Crippen molar-refractivity contribution in [1.29, 1.82) is 0 Å². The average Bonchev–Trinajstić information content (AvgIpc) is 3.01. The first-order chi connectivity index (χ1) is 10.7. The first-order valence-corrected chi connectivity index (χ1v) is 7.40. The van der Waals surface area contributed by atoms with Crippen molar-refractivity contribution >= 4 is 5.91 Å². The smallest absolute Gasteiger partial charge is 0.242 e. The summed E-state index contributed by atoms with van der Waals surface area (Å²) in [6, 6.07) is 8.22. The van der Waals surface area contributed by atoms with Crippen LogP contribution in [0.25, 0.3) is 0 Å². The molecule has 2 heterocycles. The number of benzene rings is 1. The van der Waals surface area contributed by atoms with Crippen LogP contribution in [0.4, 0.5) is 0 Å². The van der Waals surface area contributed by atoms with Crippen molar-refractivity contribution in [3.8, 4) is 0 Å². The van der Waals surface area contributed by atoms with Gasteiger partial charge in [0.25, 0.3) is 0 Å². The second-order valence-electron chi connectivity index (χ2n) is 5.53. The lowest BCUT2D eigenvalue weighted by atomic mass is 9.95. The van der Waals surface area contributed by atoms with Gasteiger partial charge in [0.1, 0.15) is 19.0 Å². The van der Waals surface area contributed by atoms with Gasteiger partial charge in [-0.1, -0.05) is 29.8 Å². The van der Waals surface area contributed by atoms with Crippen molar-refractivity contribution in [2.24, 2.45) is 0 Å². The van der Waals surface area contributed by atoms with Gasteiger partial charge in [-0.3, -0.25) is 4.79 Å². The number of aromatic nitrogens is 4. The van der Waals surface area contributed by atoms with Crippen molar-refractivity contribution in [1.82, 2.24) is 25.5 Å². The predicted molar refractivity (Wildman–Crippen MR) is 78.9 cm³/mol. The average molecular weight is 301 g/mol. The molecular weight excluding hydrogens is 282 g/mol. The Kier molecular flexibility index (Phi) is 4.43. The Bertz CT molecular complexity index is 611. The molecule has 1 N–H and O–H groups in total. The number of carbonyl (C=O) groups excluding carboxylic acids is 1. The Hall–Kier alpha value is -2.28. The van der Waals surface area contributed by atoms with Gasteiger partial charge in [0, 0.05) is 6.61 Å². The minimum Gasteiger partial charge on any atom is -0.371 e. The lowest BCUT2D eigenvalue weighted by Crippen LogP contribution is -2.44. The lowest BCUT2D eigenvalue weighted by molar-refractivity contribution is -0.125. The fraction of sp³-hybridized carbons (Fsp3) is 0.467. The molecular formula is C15H19N5O2. The van der Waals surface area contributed by atoms with Crippen LogP contribution in [0, 0.1) is 6.92 Å². The number of hydrogen-bond donors (Lipinski definition) is 1. The van der Waals surface area contributed by atoms with Crippen molar-refractivity contribution in [2.45, 2.75) is 38.5 Å². The molecule has 3 rings (SSSR count). The molecule has 0 radical (unpaired) electrons. The molecule has 2 aromatic rings. The fourth-order valence-electron chi connectivity index (χ4n) is 2.67. The standard InChI is InChI=1S/C15H19N5O2/c1-11-4-6-12(7-5-11)15-13(3-2-8-22-15)17-14(21)9-20-10-16-18-19-20/h4-7,10,13,15H,2-3,8-9H2,1H3,(H,17,21). The van der Waals surface area contributed by atoms with Crippen molar-refractivity contribution < 1.29 is 9.53 Å². The maximum Gasteiger partial charge on any atom is 0.242 e. The van der Waals surface area contributed by atoms with Crippen LogP contribution >= 0.6 is 0 Å². The molecule has 1 aliphatic rings. The molecule has 1 aliphatic heterocycles. The van der Waals surface area contributed by atoms with Crippen LogP contribution in [0.2, 0.25) is 0 Å². The molecule has 0 spiro atoms. The minimum absolute atomic E-state index is 0.0274. The van der Waals surface area contributed by atoms with Crippen LogP contribution in [-0.4, -0.2) is 38.8 Å². The van der Waals surface area contributed by atoms with Gasteiger partial charge >= 0.3 is 0 Å². The Morgan fingerprint density at radius 1 is 1.41 bits per heavy atom. The van der Waals surface area contributed by atoms with Crippen molar-refractivity contribution in [3.05, 3.63) is 41.7 Å². The molecule has 1 fully saturated rings. The number of nitrogens with one attached hydrogen (secondary N) is 1. The number of nitrogens with zero attached hydrogens (tertiary/aromatic N) is 4. The van der Waals surface area contributed by atoms with Gasteiger partial charge < -0.3 is 10.1 Å². The predicted octanol–water partition coefficient (Wildman–Crippen LogP) is 1.02. The quantitative estimate of drug-likeness (QED) is 0.911. The summed E-state index contributed by atoms with van der Waals surface area (Å²) >= 11 is 0. The Labute approximate surface area is 128 Å². The summed E-state index contributed by atoms with van der Waals surface area (Å²) in [7, 11) is 0. The first-order valence-electron chi connectivity index (χ1n) is 7.40. The van der Waals surface area contributed by atoms with Gasteiger partial charge in [-0.05, 0) is 35.8 Å². The van der Waals surface area contributed by atoms with E-state index in [1.165, 1.54) is 16.6 Å². The van der Waals surface area contributed by atoms with E-state index in [1.807, 2.05) is 0 Å². The molecule has 0 aliphatic carbocycles. The van der Waals surface area contributed by atoms with Gasteiger partial charge in [-0.2, -0.15) is 0 Å². The van der Waals surface area contributed by atoms with Crippen LogP contribution in [0.1, 0.15) is 30.1 Å². The molecule has 116 valence electrons. The summed E-state index contributed by atoms with van der Waals surface area (Å²) < 4.78 is 7.29. The van der Waals surface area contributed by atoms with E-state index in [9.17, 15) is 4.79 Å². The van der Waals surface area contributed by atoms with Crippen molar-refractivity contribution in [2.75, 3.05) is 6.61 Å². The fourth-order valence-corrected chi connectivity index (χ4v) is 2.67. The summed E-state index contributed by atoms with van der Waals surface area (Å²) in [4.78, 5) is 12.1. The highest BCUT2D eigenvalue weighted by atomic mass is 16.5. The number of hydrogen-bond acceptors (Lipinski definition) is 5. The van der Waals surface area contributed by atoms with E-state index in [4.69, 9.17) is 4.74 Å². The van der Waals surface area contributed by atoms with Crippen LogP contribution < -0.4 is 5.32 Å². The SMILES string of the molecule is Cc1ccc(C2OCCCC2NC(=O)Cn2cnnn2)cc1. The maximum atomic E-state index is 12.1. The number of rotatable bonds is 4. The molecule has 7 nitrogen and oxygen atoms in total. The maximum absolute atomic E-state index is 12.1. The summed E-state index contributed by atoms with van der Waals surface area (Å²) in [5, 5.41) is 13.8. The summed E-state index contributed by atoms with van der Waals surface area (Å²) in [5.41, 5.74) is 2.30. The number of ether oxygens (including phenoxy) is 1. The monoisotopic (exact) mass is 301 g/mol. The zero-order valence-corrected chi connectivity index (χ0v) is 12.5. The van der Waals surface area contributed by atoms with E-state index in [0.717, 1.165) is 25.0 Å². The molecule has 0 bridgehead atoms. The Morgan fingerprint density at radius 3 is 2.95 bits per heavy atom. The van der Waals surface area contributed by atoms with Gasteiger partial charge in [-0.25, -0.2) is 4.68 Å². The second-order valence-corrected chi connectivity index (χ2v) is 5.53. The largest absolute Gasteiger partial charge is 0.371 e. The summed E-state index contributed by atoms with van der Waals surface area (Å²) in [6.45, 7) is 2.89. The van der Waals surface area contributed by atoms with Crippen LogP contribution in [-0.2, 0) is 16.1 Å². The van der Waals surface area contributed by atoms with Gasteiger partial charge in [-0.15, -0.1) is 5.10 Å². The number of amides is 1. The summed E-state index contributed by atoms with van der Waals surface area (Å²) in [5.74, 6) is -0.111. The zero-order valence-electron chi connectivity index (χ0n) is 12.5. The molecule has 7 heteroatoms. The van der Waals surface area contributed by atoms with Crippen molar-refractivity contribution in [3.63, 3.8) is 0 Å². The number of carbonyl (C=O) groups is 1. The zero-order chi connectivity index (χ0) is 15.4.